The van der Waals surface area contributed by atoms with Crippen molar-refractivity contribution < 1.29 is 26.3 Å². The van der Waals surface area contributed by atoms with Crippen LogP contribution in [0.5, 0.6) is 0 Å². The lowest BCUT2D eigenvalue weighted by molar-refractivity contribution is 0.590. The number of rotatable bonds is 8. The minimum atomic E-state index is -0.784. The number of nitrogens with one attached hydrogen (secondary N) is 3. The molecular formula is C41H26F6N10. The molecule has 0 radical (unpaired) electrons. The number of para-hydroxylation sites is 2. The van der Waals surface area contributed by atoms with E-state index in [1.807, 2.05) is 30.3 Å². The highest BCUT2D eigenvalue weighted by molar-refractivity contribution is 5.88. The van der Waals surface area contributed by atoms with Gasteiger partial charge in [0.2, 0.25) is 0 Å². The smallest absolute Gasteiger partial charge is 0.183 e. The van der Waals surface area contributed by atoms with Crippen molar-refractivity contribution in [2.24, 2.45) is 0 Å². The SMILES string of the molecule is Fc1ccccc1-c1nc(Nc2c(F)cccc2F)c2[nH]cnc2n1.Fc1ccccc1-c1nc(Nc2c(F)cccc2F)c2ncn(Cc3ccccc3)c2n1. The standard InChI is InChI=1S/C24H16F3N5.C17H10F3N5/c25-17-10-5-4-9-16(17)22-30-23(29-20-18(26)11-6-12-19(20)27)21-24(31-22)32(14-28-21)13-15-7-2-1-3-8-15;18-10-5-2-1-4-9(10)15-24-16-14(21-8-22-16)17(25-15)23-13-11(19)6-3-7-12(13)20/h1-12,14H,13H2,(H,29,30,31);1-8H,(H2,21,22,23,24,25). The molecule has 0 atom stereocenters. The Kier molecular flexibility index (Phi) is 9.97. The summed E-state index contributed by atoms with van der Waals surface area (Å²) in [6.45, 7) is 0.457. The van der Waals surface area contributed by atoms with Crippen LogP contribution >= 0.6 is 0 Å². The van der Waals surface area contributed by atoms with Gasteiger partial charge in [0.15, 0.2) is 40.1 Å². The van der Waals surface area contributed by atoms with Gasteiger partial charge in [-0.1, -0.05) is 66.7 Å². The molecule has 282 valence electrons. The van der Waals surface area contributed by atoms with Gasteiger partial charge in [-0.05, 0) is 54.1 Å². The van der Waals surface area contributed by atoms with Crippen LogP contribution in [0.1, 0.15) is 5.56 Å². The second kappa shape index (κ2) is 15.6. The lowest BCUT2D eigenvalue weighted by Crippen LogP contribution is -2.05. The van der Waals surface area contributed by atoms with Crippen molar-refractivity contribution >= 4 is 45.3 Å². The van der Waals surface area contributed by atoms with Crippen LogP contribution in [-0.4, -0.2) is 39.5 Å². The summed E-state index contributed by atoms with van der Waals surface area (Å²) < 4.78 is 86.7. The van der Waals surface area contributed by atoms with Crippen molar-refractivity contribution in [3.63, 3.8) is 0 Å². The van der Waals surface area contributed by atoms with E-state index in [2.05, 4.69) is 45.5 Å². The highest BCUT2D eigenvalue weighted by Crippen LogP contribution is 2.31. The third-order valence-electron chi connectivity index (χ3n) is 8.59. The summed E-state index contributed by atoms with van der Waals surface area (Å²) >= 11 is 0. The molecule has 16 heteroatoms. The molecule has 57 heavy (non-hydrogen) atoms. The number of aromatic nitrogens is 8. The zero-order valence-electron chi connectivity index (χ0n) is 29.2. The van der Waals surface area contributed by atoms with Gasteiger partial charge in [0.25, 0.3) is 0 Å². The molecule has 0 fully saturated rings. The molecule has 0 bridgehead atoms. The molecule has 3 N–H and O–H groups in total. The minimum absolute atomic E-state index is 0.0527. The van der Waals surface area contributed by atoms with E-state index < -0.39 is 34.9 Å². The number of H-pyrrole nitrogens is 1. The predicted octanol–water partition coefficient (Wildman–Crippen LogP) is 9.88. The first kappa shape index (κ1) is 36.4. The van der Waals surface area contributed by atoms with Crippen LogP contribution in [0.2, 0.25) is 0 Å². The number of fused-ring (bicyclic) bond motifs is 2. The third kappa shape index (κ3) is 7.55. The number of anilines is 4. The molecule has 0 spiro atoms. The average molecular weight is 773 g/mol. The molecule has 10 nitrogen and oxygen atoms in total. The maximum absolute atomic E-state index is 14.5. The summed E-state index contributed by atoms with van der Waals surface area (Å²) in [5, 5.41) is 5.30. The molecule has 5 aromatic carbocycles. The van der Waals surface area contributed by atoms with Gasteiger partial charge in [-0.2, -0.15) is 0 Å². The molecule has 0 saturated carbocycles. The van der Waals surface area contributed by atoms with Crippen molar-refractivity contribution in [3.8, 4) is 22.8 Å². The Morgan fingerprint density at radius 1 is 0.509 bits per heavy atom. The third-order valence-corrected chi connectivity index (χ3v) is 8.59. The average Bonchev–Trinajstić information content (AvgIpc) is 3.86. The van der Waals surface area contributed by atoms with Crippen molar-refractivity contribution in [2.75, 3.05) is 10.6 Å². The van der Waals surface area contributed by atoms with Crippen molar-refractivity contribution in [2.45, 2.75) is 6.54 Å². The number of nitrogens with zero attached hydrogens (tertiary/aromatic N) is 7. The fourth-order valence-corrected chi connectivity index (χ4v) is 5.85. The summed E-state index contributed by atoms with van der Waals surface area (Å²) in [4.78, 5) is 28.5. The molecule has 0 unspecified atom stereocenters. The van der Waals surface area contributed by atoms with Crippen LogP contribution in [0, 0.1) is 34.9 Å². The minimum Gasteiger partial charge on any atom is -0.340 e. The quantitative estimate of drug-likeness (QED) is 0.131. The van der Waals surface area contributed by atoms with E-state index in [0.717, 1.165) is 29.8 Å². The highest BCUT2D eigenvalue weighted by Gasteiger charge is 2.20. The molecule has 0 aliphatic rings. The van der Waals surface area contributed by atoms with Gasteiger partial charge in [0, 0.05) is 0 Å². The normalized spacial score (nSPS) is 11.1. The highest BCUT2D eigenvalue weighted by atomic mass is 19.2. The summed E-state index contributed by atoms with van der Waals surface area (Å²) in [6, 6.07) is 28.7. The number of hydrogen-bond acceptors (Lipinski definition) is 8. The molecule has 0 aliphatic carbocycles. The van der Waals surface area contributed by atoms with E-state index in [1.54, 1.807) is 41.2 Å². The van der Waals surface area contributed by atoms with Crippen LogP contribution < -0.4 is 10.6 Å². The predicted molar refractivity (Wildman–Crippen MR) is 203 cm³/mol. The first-order chi connectivity index (χ1) is 27.7. The maximum Gasteiger partial charge on any atom is 0.183 e. The van der Waals surface area contributed by atoms with Crippen LogP contribution in [-0.2, 0) is 6.54 Å². The van der Waals surface area contributed by atoms with E-state index in [-0.39, 0.29) is 51.4 Å². The maximum atomic E-state index is 14.5. The summed E-state index contributed by atoms with van der Waals surface area (Å²) in [5.41, 5.74) is 1.90. The molecule has 9 aromatic rings. The first-order valence-corrected chi connectivity index (χ1v) is 17.1. The molecule has 4 aromatic heterocycles. The van der Waals surface area contributed by atoms with E-state index in [9.17, 15) is 26.3 Å². The lowest BCUT2D eigenvalue weighted by Gasteiger charge is -2.11. The molecule has 0 aliphatic heterocycles. The van der Waals surface area contributed by atoms with Crippen LogP contribution in [0.25, 0.3) is 45.1 Å². The van der Waals surface area contributed by atoms with Crippen LogP contribution in [0.15, 0.2) is 128 Å². The Bertz CT molecular complexity index is 2840. The van der Waals surface area contributed by atoms with Crippen molar-refractivity contribution in [1.82, 2.24) is 39.5 Å². The van der Waals surface area contributed by atoms with Gasteiger partial charge >= 0.3 is 0 Å². The number of aromatic amines is 1. The Labute approximate surface area is 319 Å². The Morgan fingerprint density at radius 2 is 1.02 bits per heavy atom. The van der Waals surface area contributed by atoms with E-state index >= 15 is 0 Å². The molecular weight excluding hydrogens is 747 g/mol. The van der Waals surface area contributed by atoms with Crippen LogP contribution in [0.3, 0.4) is 0 Å². The number of halogens is 6. The van der Waals surface area contributed by atoms with Gasteiger partial charge in [-0.3, -0.25) is 0 Å². The Hall–Kier alpha value is -7.62. The molecule has 0 saturated heterocycles. The lowest BCUT2D eigenvalue weighted by atomic mass is 10.2. The first-order valence-electron chi connectivity index (χ1n) is 17.1. The summed E-state index contributed by atoms with van der Waals surface area (Å²) in [5.74, 6) is -3.86. The topological polar surface area (TPSA) is 122 Å². The zero-order valence-corrected chi connectivity index (χ0v) is 29.2. The Morgan fingerprint density at radius 3 is 1.61 bits per heavy atom. The monoisotopic (exact) mass is 772 g/mol. The Balaban J connectivity index is 0.000000165. The summed E-state index contributed by atoms with van der Waals surface area (Å²) in [6.07, 6.45) is 2.94. The molecule has 4 heterocycles. The van der Waals surface area contributed by atoms with Gasteiger partial charge in [-0.25, -0.2) is 56.2 Å². The van der Waals surface area contributed by atoms with Gasteiger partial charge in [-0.15, -0.1) is 0 Å². The largest absolute Gasteiger partial charge is 0.340 e. The fraction of sp³-hybridized carbons (Fsp3) is 0.0244. The number of benzene rings is 5. The van der Waals surface area contributed by atoms with E-state index in [4.69, 9.17) is 0 Å². The zero-order chi connectivity index (χ0) is 39.5. The number of imidazole rings is 2. The molecule has 9 rings (SSSR count). The van der Waals surface area contributed by atoms with Gasteiger partial charge in [0.05, 0.1) is 30.3 Å². The van der Waals surface area contributed by atoms with E-state index in [1.165, 1.54) is 36.7 Å². The summed E-state index contributed by atoms with van der Waals surface area (Å²) in [7, 11) is 0. The second-order valence-corrected chi connectivity index (χ2v) is 12.3. The van der Waals surface area contributed by atoms with Crippen LogP contribution in [0.4, 0.5) is 49.4 Å². The second-order valence-electron chi connectivity index (χ2n) is 12.3. The van der Waals surface area contributed by atoms with Gasteiger partial charge in [0.1, 0.15) is 51.8 Å². The van der Waals surface area contributed by atoms with E-state index in [0.29, 0.717) is 23.2 Å². The van der Waals surface area contributed by atoms with Gasteiger partial charge < -0.3 is 20.2 Å². The van der Waals surface area contributed by atoms with Crippen molar-refractivity contribution in [3.05, 3.63) is 168 Å². The van der Waals surface area contributed by atoms with Crippen molar-refractivity contribution in [1.29, 1.82) is 0 Å². The number of hydrogen-bond donors (Lipinski definition) is 3. The molecule has 0 amide bonds. The fourth-order valence-electron chi connectivity index (χ4n) is 5.85.